The summed E-state index contributed by atoms with van der Waals surface area (Å²) < 4.78 is 0. The lowest BCUT2D eigenvalue weighted by atomic mass is 10.1. The lowest BCUT2D eigenvalue weighted by Crippen LogP contribution is -2.35. The average Bonchev–Trinajstić information content (AvgIpc) is 2.35. The highest BCUT2D eigenvalue weighted by atomic mass is 16.6. The molecule has 0 aromatic heterocycles. The van der Waals surface area contributed by atoms with Crippen molar-refractivity contribution in [3.63, 3.8) is 0 Å². The minimum absolute atomic E-state index is 0.00255. The van der Waals surface area contributed by atoms with Gasteiger partial charge < -0.3 is 0 Å². The van der Waals surface area contributed by atoms with E-state index in [0.29, 0.717) is 18.2 Å². The Morgan fingerprint density at radius 2 is 1.89 bits per heavy atom. The van der Waals surface area contributed by atoms with E-state index in [4.69, 9.17) is 0 Å². The van der Waals surface area contributed by atoms with Crippen molar-refractivity contribution in [3.05, 3.63) is 39.9 Å². The van der Waals surface area contributed by atoms with Crippen molar-refractivity contribution >= 4 is 11.5 Å². The van der Waals surface area contributed by atoms with Crippen LogP contribution in [0.5, 0.6) is 0 Å². The van der Waals surface area contributed by atoms with Gasteiger partial charge in [-0.15, -0.1) is 0 Å². The molecule has 0 N–H and O–H groups in total. The van der Waals surface area contributed by atoms with E-state index in [1.54, 1.807) is 0 Å². The summed E-state index contributed by atoms with van der Waals surface area (Å²) in [5.74, 6) is -0.0135. The van der Waals surface area contributed by atoms with Gasteiger partial charge in [0.15, 0.2) is 5.78 Å². The first-order valence-electron chi connectivity index (χ1n) is 5.97. The number of non-ortho nitro benzene ring substituents is 1. The van der Waals surface area contributed by atoms with Crippen molar-refractivity contribution in [1.29, 1.82) is 0 Å². The Morgan fingerprint density at radius 3 is 2.28 bits per heavy atom. The zero-order valence-electron chi connectivity index (χ0n) is 10.9. The standard InChI is InChI=1S/C13H18N2O3/c1-4-14(10(2)3)9-13(16)11-5-7-12(8-6-11)15(17)18/h5-8,10H,4,9H2,1-3H3. The SMILES string of the molecule is CCN(CC(=O)c1ccc([N+](=O)[O-])cc1)C(C)C. The number of carbonyl (C=O) groups is 1. The van der Waals surface area contributed by atoms with Crippen LogP contribution in [0.1, 0.15) is 31.1 Å². The molecule has 0 saturated carbocycles. The van der Waals surface area contributed by atoms with Crippen LogP contribution in [0.4, 0.5) is 5.69 Å². The van der Waals surface area contributed by atoms with Gasteiger partial charge in [-0.05, 0) is 32.5 Å². The third-order valence-electron chi connectivity index (χ3n) is 2.88. The van der Waals surface area contributed by atoms with E-state index in [1.807, 2.05) is 25.7 Å². The van der Waals surface area contributed by atoms with Gasteiger partial charge in [-0.1, -0.05) is 6.92 Å². The van der Waals surface area contributed by atoms with Gasteiger partial charge in [0, 0.05) is 23.7 Å². The Morgan fingerprint density at radius 1 is 1.33 bits per heavy atom. The lowest BCUT2D eigenvalue weighted by molar-refractivity contribution is -0.384. The minimum atomic E-state index is -0.472. The molecular formula is C13H18N2O3. The summed E-state index contributed by atoms with van der Waals surface area (Å²) in [4.78, 5) is 24.1. The van der Waals surface area contributed by atoms with Crippen LogP contribution >= 0.6 is 0 Å². The van der Waals surface area contributed by atoms with Crippen LogP contribution in [0.15, 0.2) is 24.3 Å². The second-order valence-electron chi connectivity index (χ2n) is 4.38. The number of carbonyl (C=O) groups excluding carboxylic acids is 1. The molecule has 0 spiro atoms. The zero-order chi connectivity index (χ0) is 13.7. The highest BCUT2D eigenvalue weighted by molar-refractivity contribution is 5.97. The Hall–Kier alpha value is -1.75. The molecule has 0 amide bonds. The summed E-state index contributed by atoms with van der Waals surface area (Å²) in [6.45, 7) is 7.21. The number of hydrogen-bond acceptors (Lipinski definition) is 4. The van der Waals surface area contributed by atoms with Crippen LogP contribution in [-0.4, -0.2) is 34.7 Å². The fourth-order valence-corrected chi connectivity index (χ4v) is 1.70. The average molecular weight is 250 g/mol. The van der Waals surface area contributed by atoms with Crippen molar-refractivity contribution in [2.45, 2.75) is 26.8 Å². The highest BCUT2D eigenvalue weighted by Crippen LogP contribution is 2.13. The predicted octanol–water partition coefficient (Wildman–Crippen LogP) is 2.51. The Bertz CT molecular complexity index is 426. The molecule has 0 unspecified atom stereocenters. The number of rotatable bonds is 6. The topological polar surface area (TPSA) is 63.5 Å². The van der Waals surface area contributed by atoms with Gasteiger partial charge in [-0.2, -0.15) is 0 Å². The van der Waals surface area contributed by atoms with Crippen LogP contribution in [0.25, 0.3) is 0 Å². The smallest absolute Gasteiger partial charge is 0.269 e. The number of ketones is 1. The lowest BCUT2D eigenvalue weighted by Gasteiger charge is -2.23. The van der Waals surface area contributed by atoms with Crippen molar-refractivity contribution in [2.75, 3.05) is 13.1 Å². The van der Waals surface area contributed by atoms with Crippen LogP contribution in [-0.2, 0) is 0 Å². The second kappa shape index (κ2) is 6.26. The molecule has 98 valence electrons. The monoisotopic (exact) mass is 250 g/mol. The molecule has 1 rings (SSSR count). The molecule has 0 aliphatic heterocycles. The van der Waals surface area contributed by atoms with Gasteiger partial charge in [0.2, 0.25) is 0 Å². The van der Waals surface area contributed by atoms with Gasteiger partial charge in [0.1, 0.15) is 0 Å². The van der Waals surface area contributed by atoms with Crippen molar-refractivity contribution in [1.82, 2.24) is 4.90 Å². The number of nitrogens with zero attached hydrogens (tertiary/aromatic N) is 2. The fourth-order valence-electron chi connectivity index (χ4n) is 1.70. The Kier molecular flexibility index (Phi) is 4.97. The highest BCUT2D eigenvalue weighted by Gasteiger charge is 2.14. The summed E-state index contributed by atoms with van der Waals surface area (Å²) in [5, 5.41) is 10.5. The maximum absolute atomic E-state index is 12.0. The summed E-state index contributed by atoms with van der Waals surface area (Å²) in [6.07, 6.45) is 0. The van der Waals surface area contributed by atoms with E-state index in [2.05, 4.69) is 0 Å². The van der Waals surface area contributed by atoms with Gasteiger partial charge in [-0.3, -0.25) is 19.8 Å². The second-order valence-corrected chi connectivity index (χ2v) is 4.38. The molecule has 5 heteroatoms. The quantitative estimate of drug-likeness (QED) is 0.442. The molecule has 0 bridgehead atoms. The van der Waals surface area contributed by atoms with Crippen LogP contribution < -0.4 is 0 Å². The van der Waals surface area contributed by atoms with E-state index in [-0.39, 0.29) is 11.5 Å². The molecule has 0 radical (unpaired) electrons. The van der Waals surface area contributed by atoms with Crippen LogP contribution in [0.3, 0.4) is 0 Å². The molecule has 0 atom stereocenters. The molecule has 1 aromatic carbocycles. The third kappa shape index (κ3) is 3.63. The van der Waals surface area contributed by atoms with Gasteiger partial charge >= 0.3 is 0 Å². The number of benzene rings is 1. The largest absolute Gasteiger partial charge is 0.294 e. The number of likely N-dealkylation sites (N-methyl/N-ethyl adjacent to an activating group) is 1. The van der Waals surface area contributed by atoms with Gasteiger partial charge in [0.05, 0.1) is 11.5 Å². The first kappa shape index (κ1) is 14.3. The van der Waals surface area contributed by atoms with E-state index >= 15 is 0 Å². The number of hydrogen-bond donors (Lipinski definition) is 0. The molecular weight excluding hydrogens is 232 g/mol. The normalized spacial score (nSPS) is 10.9. The molecule has 1 aromatic rings. The molecule has 0 fully saturated rings. The van der Waals surface area contributed by atoms with E-state index in [0.717, 1.165) is 6.54 Å². The maximum Gasteiger partial charge on any atom is 0.269 e. The fraction of sp³-hybridized carbons (Fsp3) is 0.462. The summed E-state index contributed by atoms with van der Waals surface area (Å²) >= 11 is 0. The first-order valence-corrected chi connectivity index (χ1v) is 5.97. The van der Waals surface area contributed by atoms with Crippen molar-refractivity contribution in [3.8, 4) is 0 Å². The maximum atomic E-state index is 12.0. The molecule has 0 aliphatic rings. The van der Waals surface area contributed by atoms with E-state index in [9.17, 15) is 14.9 Å². The predicted molar refractivity (Wildman–Crippen MR) is 69.8 cm³/mol. The zero-order valence-corrected chi connectivity index (χ0v) is 10.9. The number of Topliss-reactive ketones (excluding diaryl/α,β-unsaturated/α-hetero) is 1. The third-order valence-corrected chi connectivity index (χ3v) is 2.88. The molecule has 0 saturated heterocycles. The van der Waals surface area contributed by atoms with Crippen LogP contribution in [0, 0.1) is 10.1 Å². The molecule has 0 aliphatic carbocycles. The van der Waals surface area contributed by atoms with E-state index in [1.165, 1.54) is 24.3 Å². The first-order chi connectivity index (χ1) is 8.45. The number of nitro groups is 1. The molecule has 18 heavy (non-hydrogen) atoms. The van der Waals surface area contributed by atoms with E-state index < -0.39 is 4.92 Å². The number of nitro benzene ring substituents is 1. The van der Waals surface area contributed by atoms with Gasteiger partial charge in [0.25, 0.3) is 5.69 Å². The van der Waals surface area contributed by atoms with Gasteiger partial charge in [-0.25, -0.2) is 0 Å². The summed E-state index contributed by atoms with van der Waals surface area (Å²) in [6, 6.07) is 6.04. The summed E-state index contributed by atoms with van der Waals surface area (Å²) in [5.41, 5.74) is 0.516. The molecule has 5 nitrogen and oxygen atoms in total. The van der Waals surface area contributed by atoms with Crippen molar-refractivity contribution in [2.24, 2.45) is 0 Å². The Balaban J connectivity index is 2.75. The Labute approximate surface area is 107 Å². The molecule has 0 heterocycles. The summed E-state index contributed by atoms with van der Waals surface area (Å²) in [7, 11) is 0. The van der Waals surface area contributed by atoms with Crippen molar-refractivity contribution < 1.29 is 9.72 Å². The minimum Gasteiger partial charge on any atom is -0.294 e. The van der Waals surface area contributed by atoms with Crippen LogP contribution in [0.2, 0.25) is 0 Å².